The largest absolute Gasteiger partial charge is 0.449 e. The Kier molecular flexibility index (Phi) is 3.95. The van der Waals surface area contributed by atoms with Gasteiger partial charge >= 0.3 is 0 Å². The van der Waals surface area contributed by atoms with Crippen LogP contribution in [0.15, 0.2) is 40.8 Å². The van der Waals surface area contributed by atoms with E-state index in [2.05, 4.69) is 15.9 Å². The minimum absolute atomic E-state index is 0.110. The molecule has 0 saturated heterocycles. The predicted octanol–water partition coefficient (Wildman–Crippen LogP) is 5.27. The average molecular weight is 320 g/mol. The number of benzene rings is 1. The topological polar surface area (TPSA) is 13.1 Å². The van der Waals surface area contributed by atoms with Gasteiger partial charge in [0.1, 0.15) is 5.76 Å². The second kappa shape index (κ2) is 5.26. The monoisotopic (exact) mass is 318 g/mol. The maximum Gasteiger partial charge on any atom is 0.193 e. The Balaban J connectivity index is 2.10. The van der Waals surface area contributed by atoms with Crippen molar-refractivity contribution < 1.29 is 4.42 Å². The first-order valence-electron chi connectivity index (χ1n) is 4.79. The fourth-order valence-electron chi connectivity index (χ4n) is 1.47. The first kappa shape index (κ1) is 12.0. The lowest BCUT2D eigenvalue weighted by Crippen LogP contribution is -1.93. The van der Waals surface area contributed by atoms with E-state index in [1.165, 1.54) is 0 Å². The SMILES string of the molecule is Clc1cccc(CC(Br)c2ccc(Cl)o2)c1. The van der Waals surface area contributed by atoms with Gasteiger partial charge in [-0.15, -0.1) is 0 Å². The molecule has 0 bridgehead atoms. The van der Waals surface area contributed by atoms with Crippen molar-refractivity contribution in [3.63, 3.8) is 0 Å². The lowest BCUT2D eigenvalue weighted by molar-refractivity contribution is 0.509. The fourth-order valence-corrected chi connectivity index (χ4v) is 2.45. The molecule has 0 aliphatic heterocycles. The Labute approximate surface area is 112 Å². The van der Waals surface area contributed by atoms with Gasteiger partial charge in [0.15, 0.2) is 5.22 Å². The van der Waals surface area contributed by atoms with Crippen molar-refractivity contribution in [1.29, 1.82) is 0 Å². The minimum atomic E-state index is 0.110. The van der Waals surface area contributed by atoms with Gasteiger partial charge in [-0.05, 0) is 47.9 Å². The molecule has 2 aromatic rings. The van der Waals surface area contributed by atoms with Crippen LogP contribution in [0.4, 0.5) is 0 Å². The quantitative estimate of drug-likeness (QED) is 0.703. The third kappa shape index (κ3) is 3.03. The van der Waals surface area contributed by atoms with E-state index in [1.54, 1.807) is 6.07 Å². The molecule has 0 spiro atoms. The summed E-state index contributed by atoms with van der Waals surface area (Å²) >= 11 is 15.2. The van der Waals surface area contributed by atoms with Crippen LogP contribution in [-0.2, 0) is 6.42 Å². The predicted molar refractivity (Wildman–Crippen MR) is 70.5 cm³/mol. The highest BCUT2D eigenvalue weighted by molar-refractivity contribution is 9.09. The molecule has 1 unspecified atom stereocenters. The van der Waals surface area contributed by atoms with Gasteiger partial charge in [0.25, 0.3) is 0 Å². The molecule has 0 aliphatic rings. The second-order valence-corrected chi connectivity index (χ2v) is 5.36. The van der Waals surface area contributed by atoms with Gasteiger partial charge in [-0.2, -0.15) is 0 Å². The lowest BCUT2D eigenvalue weighted by atomic mass is 10.1. The summed E-state index contributed by atoms with van der Waals surface area (Å²) in [6.45, 7) is 0. The molecule has 0 aliphatic carbocycles. The van der Waals surface area contributed by atoms with Crippen molar-refractivity contribution in [3.8, 4) is 0 Å². The number of hydrogen-bond donors (Lipinski definition) is 0. The number of halogens is 3. The maximum atomic E-state index is 5.92. The van der Waals surface area contributed by atoms with Crippen LogP contribution in [0.2, 0.25) is 10.2 Å². The third-order valence-corrected chi connectivity index (χ3v) is 3.42. The molecule has 0 radical (unpaired) electrons. The summed E-state index contributed by atoms with van der Waals surface area (Å²) in [4.78, 5) is 0.110. The molecule has 0 amide bonds. The summed E-state index contributed by atoms with van der Waals surface area (Å²) in [5.74, 6) is 0.824. The van der Waals surface area contributed by atoms with Crippen molar-refractivity contribution in [2.75, 3.05) is 0 Å². The van der Waals surface area contributed by atoms with E-state index < -0.39 is 0 Å². The van der Waals surface area contributed by atoms with Crippen LogP contribution in [0.1, 0.15) is 16.2 Å². The van der Waals surface area contributed by atoms with Crippen LogP contribution < -0.4 is 0 Å². The van der Waals surface area contributed by atoms with Crippen molar-refractivity contribution in [3.05, 3.63) is 58.0 Å². The van der Waals surface area contributed by atoms with E-state index in [1.807, 2.05) is 30.3 Å². The standard InChI is InChI=1S/C12H9BrCl2O/c13-10(11-4-5-12(15)16-11)7-8-2-1-3-9(14)6-8/h1-6,10H,7H2. The molecular weight excluding hydrogens is 311 g/mol. The van der Waals surface area contributed by atoms with E-state index in [9.17, 15) is 0 Å². The first-order valence-corrected chi connectivity index (χ1v) is 6.46. The Bertz CT molecular complexity index is 481. The van der Waals surface area contributed by atoms with Gasteiger partial charge in [0.05, 0.1) is 4.83 Å². The average Bonchev–Trinajstić information content (AvgIpc) is 2.65. The smallest absolute Gasteiger partial charge is 0.193 e. The van der Waals surface area contributed by atoms with E-state index >= 15 is 0 Å². The molecule has 0 saturated carbocycles. The molecule has 1 atom stereocenters. The van der Waals surface area contributed by atoms with Crippen LogP contribution in [0.5, 0.6) is 0 Å². The summed E-state index contributed by atoms with van der Waals surface area (Å²) in [7, 11) is 0. The lowest BCUT2D eigenvalue weighted by Gasteiger charge is -2.07. The molecule has 16 heavy (non-hydrogen) atoms. The van der Waals surface area contributed by atoms with Gasteiger partial charge in [-0.3, -0.25) is 0 Å². The van der Waals surface area contributed by atoms with Crippen LogP contribution in [-0.4, -0.2) is 0 Å². The van der Waals surface area contributed by atoms with Crippen LogP contribution in [0.25, 0.3) is 0 Å². The van der Waals surface area contributed by atoms with E-state index in [0.717, 1.165) is 22.8 Å². The zero-order valence-electron chi connectivity index (χ0n) is 8.29. The van der Waals surface area contributed by atoms with Crippen LogP contribution in [0, 0.1) is 0 Å². The van der Waals surface area contributed by atoms with Crippen molar-refractivity contribution >= 4 is 39.1 Å². The van der Waals surface area contributed by atoms with Gasteiger partial charge in [-0.1, -0.05) is 39.7 Å². The molecule has 0 fully saturated rings. The summed E-state index contributed by atoms with van der Waals surface area (Å²) in [6.07, 6.45) is 0.810. The van der Waals surface area contributed by atoms with Crippen molar-refractivity contribution in [2.24, 2.45) is 0 Å². The summed E-state index contributed by atoms with van der Waals surface area (Å²) in [5, 5.41) is 1.15. The summed E-state index contributed by atoms with van der Waals surface area (Å²) in [6, 6.07) is 11.4. The molecule has 2 rings (SSSR count). The fraction of sp³-hybridized carbons (Fsp3) is 0.167. The van der Waals surface area contributed by atoms with Gasteiger partial charge in [-0.25, -0.2) is 0 Å². The van der Waals surface area contributed by atoms with Crippen molar-refractivity contribution in [2.45, 2.75) is 11.2 Å². The Morgan fingerprint density at radius 2 is 2.00 bits per heavy atom. The Hall–Kier alpha value is -0.440. The van der Waals surface area contributed by atoms with Gasteiger partial charge in [0.2, 0.25) is 0 Å². The van der Waals surface area contributed by atoms with Gasteiger partial charge < -0.3 is 4.42 Å². The molecule has 4 heteroatoms. The number of hydrogen-bond acceptors (Lipinski definition) is 1. The third-order valence-electron chi connectivity index (χ3n) is 2.21. The Morgan fingerprint density at radius 1 is 1.19 bits per heavy atom. The zero-order valence-corrected chi connectivity index (χ0v) is 11.4. The molecule has 1 aromatic carbocycles. The first-order chi connectivity index (χ1) is 7.65. The number of furan rings is 1. The van der Waals surface area contributed by atoms with Crippen LogP contribution >= 0.6 is 39.1 Å². The highest BCUT2D eigenvalue weighted by Gasteiger charge is 2.12. The molecule has 0 N–H and O–H groups in total. The number of alkyl halides is 1. The van der Waals surface area contributed by atoms with E-state index in [4.69, 9.17) is 27.6 Å². The maximum absolute atomic E-state index is 5.92. The summed E-state index contributed by atoms with van der Waals surface area (Å²) in [5.41, 5.74) is 1.15. The summed E-state index contributed by atoms with van der Waals surface area (Å²) < 4.78 is 5.33. The van der Waals surface area contributed by atoms with E-state index in [0.29, 0.717) is 5.22 Å². The highest BCUT2D eigenvalue weighted by Crippen LogP contribution is 2.30. The van der Waals surface area contributed by atoms with E-state index in [-0.39, 0.29) is 4.83 Å². The van der Waals surface area contributed by atoms with Crippen molar-refractivity contribution in [1.82, 2.24) is 0 Å². The minimum Gasteiger partial charge on any atom is -0.449 e. The zero-order chi connectivity index (χ0) is 11.5. The van der Waals surface area contributed by atoms with Gasteiger partial charge in [0, 0.05) is 5.02 Å². The second-order valence-electron chi connectivity index (χ2n) is 3.44. The molecular formula is C12H9BrCl2O. The van der Waals surface area contributed by atoms with Crippen LogP contribution in [0.3, 0.4) is 0 Å². The Morgan fingerprint density at radius 3 is 2.62 bits per heavy atom. The number of rotatable bonds is 3. The molecule has 1 nitrogen and oxygen atoms in total. The normalized spacial score (nSPS) is 12.7. The molecule has 84 valence electrons. The highest BCUT2D eigenvalue weighted by atomic mass is 79.9. The molecule has 1 aromatic heterocycles. The molecule has 1 heterocycles.